The molecule has 1 heterocycles. The average Bonchev–Trinajstić information content (AvgIpc) is 3.23. The summed E-state index contributed by atoms with van der Waals surface area (Å²) in [6.07, 6.45) is 1.28. The predicted octanol–water partition coefficient (Wildman–Crippen LogP) is 5.78. The summed E-state index contributed by atoms with van der Waals surface area (Å²) < 4.78 is 47.0. The molecule has 1 aliphatic carbocycles. The highest BCUT2D eigenvalue weighted by Gasteiger charge is 2.30. The lowest BCUT2D eigenvalue weighted by molar-refractivity contribution is -0.140. The molecule has 0 spiro atoms. The third-order valence-corrected chi connectivity index (χ3v) is 6.52. The van der Waals surface area contributed by atoms with E-state index in [0.717, 1.165) is 36.8 Å². The van der Waals surface area contributed by atoms with Crippen LogP contribution in [0, 0.1) is 11.8 Å². The van der Waals surface area contributed by atoms with Gasteiger partial charge in [0.2, 0.25) is 0 Å². The van der Waals surface area contributed by atoms with Gasteiger partial charge in [-0.15, -0.1) is 0 Å². The molecule has 1 aliphatic rings. The maximum absolute atomic E-state index is 13.5. The number of hydrogen-bond donors (Lipinski definition) is 3. The van der Waals surface area contributed by atoms with Crippen LogP contribution in [0.25, 0.3) is 10.9 Å². The lowest BCUT2D eigenvalue weighted by Gasteiger charge is -2.24. The third kappa shape index (κ3) is 6.50. The van der Waals surface area contributed by atoms with Gasteiger partial charge in [0, 0.05) is 29.7 Å². The van der Waals surface area contributed by atoms with Crippen molar-refractivity contribution in [2.75, 3.05) is 31.3 Å². The summed E-state index contributed by atoms with van der Waals surface area (Å²) >= 11 is 0. The Labute approximate surface area is 214 Å². The van der Waals surface area contributed by atoms with Crippen LogP contribution in [-0.2, 0) is 6.54 Å². The second-order valence-corrected chi connectivity index (χ2v) is 9.10. The van der Waals surface area contributed by atoms with E-state index in [2.05, 4.69) is 27.8 Å². The van der Waals surface area contributed by atoms with Crippen molar-refractivity contribution in [3.8, 4) is 17.6 Å². The van der Waals surface area contributed by atoms with Crippen LogP contribution in [0.15, 0.2) is 42.5 Å². The molecule has 0 saturated heterocycles. The quantitative estimate of drug-likeness (QED) is 0.351. The monoisotopic (exact) mass is 512 g/mol. The zero-order valence-corrected chi connectivity index (χ0v) is 21.0. The molecular weight excluding hydrogens is 481 g/mol. The number of carbonyl (C=O) groups is 1. The van der Waals surface area contributed by atoms with Crippen LogP contribution in [0.3, 0.4) is 0 Å². The first-order valence-corrected chi connectivity index (χ1v) is 12.4. The molecule has 9 heteroatoms. The highest BCUT2D eigenvalue weighted by molar-refractivity contribution is 5.95. The van der Waals surface area contributed by atoms with Crippen molar-refractivity contribution in [1.29, 1.82) is 0 Å². The van der Waals surface area contributed by atoms with Gasteiger partial charge < -0.3 is 25.3 Å². The average molecular weight is 513 g/mol. The molecule has 37 heavy (non-hydrogen) atoms. The van der Waals surface area contributed by atoms with Crippen LogP contribution in [0.5, 0.6) is 5.75 Å². The fourth-order valence-electron chi connectivity index (χ4n) is 4.73. The second kappa shape index (κ2) is 11.5. The van der Waals surface area contributed by atoms with Gasteiger partial charge >= 0.3 is 6.18 Å². The molecule has 1 aromatic heterocycles. The highest BCUT2D eigenvalue weighted by atomic mass is 19.4. The minimum atomic E-state index is -4.38. The molecule has 6 nitrogen and oxygen atoms in total. The molecule has 3 N–H and O–H groups in total. The van der Waals surface area contributed by atoms with Crippen molar-refractivity contribution in [2.45, 2.75) is 50.9 Å². The van der Waals surface area contributed by atoms with Gasteiger partial charge in [-0.2, -0.15) is 13.2 Å². The SMILES string of the molecule is CNC(=O)c1ccc(NCC#Cc2cc3c(NC4CCCCC4)cccc3n2CC(F)(F)F)c(OC)c1. The Morgan fingerprint density at radius 1 is 1.11 bits per heavy atom. The van der Waals surface area contributed by atoms with Gasteiger partial charge in [0.1, 0.15) is 12.3 Å². The molecule has 1 fully saturated rings. The van der Waals surface area contributed by atoms with Gasteiger partial charge in [-0.1, -0.05) is 31.2 Å². The van der Waals surface area contributed by atoms with Gasteiger partial charge in [-0.3, -0.25) is 4.79 Å². The summed E-state index contributed by atoms with van der Waals surface area (Å²) in [6.45, 7) is -0.938. The number of fused-ring (bicyclic) bond motifs is 1. The Bertz CT molecular complexity index is 1310. The number of hydrogen-bond acceptors (Lipinski definition) is 4. The van der Waals surface area contributed by atoms with Gasteiger partial charge in [-0.05, 0) is 55.2 Å². The Morgan fingerprint density at radius 3 is 2.59 bits per heavy atom. The summed E-state index contributed by atoms with van der Waals surface area (Å²) in [5.74, 6) is 6.08. The Hall–Kier alpha value is -3.80. The molecule has 2 aromatic carbocycles. The van der Waals surface area contributed by atoms with Gasteiger partial charge in [0.15, 0.2) is 0 Å². The summed E-state index contributed by atoms with van der Waals surface area (Å²) in [5, 5.41) is 9.95. The molecule has 0 atom stereocenters. The molecule has 0 bridgehead atoms. The minimum Gasteiger partial charge on any atom is -0.495 e. The number of alkyl halides is 3. The highest BCUT2D eigenvalue weighted by Crippen LogP contribution is 2.32. The number of benzene rings is 2. The van der Waals surface area contributed by atoms with E-state index in [-0.39, 0.29) is 12.5 Å². The van der Waals surface area contributed by atoms with Crippen LogP contribution in [-0.4, -0.2) is 43.4 Å². The van der Waals surface area contributed by atoms with Crippen LogP contribution in [0.1, 0.15) is 48.2 Å². The molecule has 0 aliphatic heterocycles. The van der Waals surface area contributed by atoms with Crippen molar-refractivity contribution >= 4 is 28.2 Å². The number of rotatable bonds is 7. The number of carbonyl (C=O) groups excluding carboxylic acids is 1. The maximum Gasteiger partial charge on any atom is 0.406 e. The lowest BCUT2D eigenvalue weighted by atomic mass is 9.95. The van der Waals surface area contributed by atoms with E-state index in [1.807, 2.05) is 6.07 Å². The smallest absolute Gasteiger partial charge is 0.406 e. The van der Waals surface area contributed by atoms with Crippen molar-refractivity contribution in [3.05, 3.63) is 53.7 Å². The number of methoxy groups -OCH3 is 1. The first kappa shape index (κ1) is 26.3. The summed E-state index contributed by atoms with van der Waals surface area (Å²) in [5.41, 5.74) is 2.72. The molecule has 0 unspecified atom stereocenters. The lowest BCUT2D eigenvalue weighted by Crippen LogP contribution is -2.22. The Kier molecular flexibility index (Phi) is 8.17. The molecule has 4 rings (SSSR count). The third-order valence-electron chi connectivity index (χ3n) is 6.52. The van der Waals surface area contributed by atoms with E-state index in [1.165, 1.54) is 18.1 Å². The molecule has 1 amide bonds. The normalized spacial score (nSPS) is 14.1. The fraction of sp³-hybridized carbons (Fsp3) is 0.393. The molecule has 196 valence electrons. The van der Waals surface area contributed by atoms with Crippen molar-refractivity contribution in [1.82, 2.24) is 9.88 Å². The number of amides is 1. The van der Waals surface area contributed by atoms with Crippen LogP contribution >= 0.6 is 0 Å². The summed E-state index contributed by atoms with van der Waals surface area (Å²) in [4.78, 5) is 11.9. The topological polar surface area (TPSA) is 67.3 Å². The first-order valence-electron chi connectivity index (χ1n) is 12.4. The van der Waals surface area contributed by atoms with E-state index in [4.69, 9.17) is 4.74 Å². The number of nitrogens with one attached hydrogen (secondary N) is 3. The van der Waals surface area contributed by atoms with Crippen LogP contribution < -0.4 is 20.7 Å². The van der Waals surface area contributed by atoms with E-state index >= 15 is 0 Å². The molecule has 3 aromatic rings. The zero-order valence-electron chi connectivity index (χ0n) is 21.0. The second-order valence-electron chi connectivity index (χ2n) is 9.10. The Morgan fingerprint density at radius 2 is 1.89 bits per heavy atom. The molecule has 0 radical (unpaired) electrons. The van der Waals surface area contributed by atoms with Crippen molar-refractivity contribution < 1.29 is 22.7 Å². The van der Waals surface area contributed by atoms with Gasteiger partial charge in [0.25, 0.3) is 5.91 Å². The zero-order chi connectivity index (χ0) is 26.4. The fourth-order valence-corrected chi connectivity index (χ4v) is 4.73. The number of aromatic nitrogens is 1. The van der Waals surface area contributed by atoms with E-state index in [1.54, 1.807) is 43.4 Å². The summed E-state index contributed by atoms with van der Waals surface area (Å²) in [7, 11) is 3.04. The standard InChI is InChI=1S/C28H31F3N4O2/c1-32-27(36)19-13-14-24(26(16-19)37-2)33-15-7-10-21-17-22-23(34-20-8-4-3-5-9-20)11-6-12-25(22)35(21)18-28(29,30)31/h6,11-14,16-17,20,33-34H,3-5,8-9,15,18H2,1-2H3,(H,32,36). The Balaban J connectivity index is 1.58. The first-order chi connectivity index (χ1) is 17.8. The van der Waals surface area contributed by atoms with Crippen LogP contribution in [0.4, 0.5) is 24.5 Å². The van der Waals surface area contributed by atoms with E-state index in [0.29, 0.717) is 34.3 Å². The minimum absolute atomic E-state index is 0.177. The summed E-state index contributed by atoms with van der Waals surface area (Å²) in [6, 6.07) is 12.4. The van der Waals surface area contributed by atoms with Crippen molar-refractivity contribution in [3.63, 3.8) is 0 Å². The number of nitrogens with zero attached hydrogens (tertiary/aromatic N) is 1. The molecule has 1 saturated carbocycles. The molecular formula is C28H31F3N4O2. The van der Waals surface area contributed by atoms with E-state index < -0.39 is 12.7 Å². The van der Waals surface area contributed by atoms with E-state index in [9.17, 15) is 18.0 Å². The number of ether oxygens (including phenoxy) is 1. The number of halogens is 3. The number of anilines is 2. The van der Waals surface area contributed by atoms with Crippen molar-refractivity contribution in [2.24, 2.45) is 0 Å². The largest absolute Gasteiger partial charge is 0.495 e. The van der Waals surface area contributed by atoms with Crippen LogP contribution in [0.2, 0.25) is 0 Å². The maximum atomic E-state index is 13.5. The van der Waals surface area contributed by atoms with Gasteiger partial charge in [-0.25, -0.2) is 0 Å². The van der Waals surface area contributed by atoms with Gasteiger partial charge in [0.05, 0.1) is 30.6 Å². The predicted molar refractivity (Wildman–Crippen MR) is 140 cm³/mol.